The molecule has 1 aliphatic carbocycles. The smallest absolute Gasteiger partial charge is 0.354 e. The molecule has 1 amide bonds. The fraction of sp³-hybridized carbons (Fsp3) is 0.826. The number of hydrogen-bond acceptors (Lipinski definition) is 6. The van der Waals surface area contributed by atoms with E-state index in [1.54, 1.807) is 13.0 Å². The maximum absolute atomic E-state index is 13.3. The van der Waals surface area contributed by atoms with Gasteiger partial charge in [0.15, 0.2) is 5.96 Å². The van der Waals surface area contributed by atoms with Crippen LogP contribution in [0.15, 0.2) is 16.4 Å². The molecule has 0 aromatic rings. The van der Waals surface area contributed by atoms with Crippen molar-refractivity contribution in [3.8, 4) is 0 Å². The molecule has 34 heavy (non-hydrogen) atoms. The van der Waals surface area contributed by atoms with Crippen molar-refractivity contribution < 1.29 is 28.3 Å². The second kappa shape index (κ2) is 13.6. The summed E-state index contributed by atoms with van der Waals surface area (Å²) in [5.74, 6) is -0.462. The Balaban J connectivity index is 3.20. The van der Waals surface area contributed by atoms with Crippen LogP contribution >= 0.6 is 7.60 Å². The Morgan fingerprint density at radius 2 is 1.94 bits per heavy atom. The first-order valence-corrected chi connectivity index (χ1v) is 13.7. The van der Waals surface area contributed by atoms with Gasteiger partial charge >= 0.3 is 7.60 Å². The van der Waals surface area contributed by atoms with E-state index in [1.807, 2.05) is 27.7 Å². The van der Waals surface area contributed by atoms with Crippen LogP contribution in [-0.2, 0) is 23.4 Å². The molecule has 0 heterocycles. The van der Waals surface area contributed by atoms with E-state index in [0.29, 0.717) is 0 Å². The summed E-state index contributed by atoms with van der Waals surface area (Å²) in [5.41, 5.74) is 10.9. The highest BCUT2D eigenvalue weighted by Crippen LogP contribution is 2.55. The monoisotopic (exact) mass is 504 g/mol. The molecule has 0 aliphatic heterocycles. The Bertz CT molecular complexity index is 765. The third-order valence-electron chi connectivity index (χ3n) is 5.74. The van der Waals surface area contributed by atoms with E-state index in [2.05, 4.69) is 17.2 Å². The average molecular weight is 505 g/mol. The zero-order chi connectivity index (χ0) is 26.1. The van der Waals surface area contributed by atoms with Gasteiger partial charge in [0.2, 0.25) is 5.91 Å². The van der Waals surface area contributed by atoms with Crippen molar-refractivity contribution in [1.82, 2.24) is 5.32 Å². The number of hydrogen-bond donors (Lipinski definition) is 4. The normalized spacial score (nSPS) is 23.7. The zero-order valence-electron chi connectivity index (χ0n) is 21.7. The zero-order valence-corrected chi connectivity index (χ0v) is 22.6. The molecule has 0 spiro atoms. The predicted molar refractivity (Wildman–Crippen MR) is 134 cm³/mol. The van der Waals surface area contributed by atoms with Crippen molar-refractivity contribution in [3.63, 3.8) is 0 Å². The predicted octanol–water partition coefficient (Wildman–Crippen LogP) is 3.18. The molecule has 1 aliphatic rings. The van der Waals surface area contributed by atoms with Gasteiger partial charge in [0.25, 0.3) is 0 Å². The Morgan fingerprint density at radius 3 is 2.44 bits per heavy atom. The molecule has 2 unspecified atom stereocenters. The van der Waals surface area contributed by atoms with Gasteiger partial charge in [-0.25, -0.2) is 4.99 Å². The van der Waals surface area contributed by atoms with Crippen LogP contribution in [0.3, 0.4) is 0 Å². The third-order valence-corrected chi connectivity index (χ3v) is 7.44. The van der Waals surface area contributed by atoms with Crippen LogP contribution in [0.5, 0.6) is 0 Å². The molecule has 0 bridgehead atoms. The van der Waals surface area contributed by atoms with Gasteiger partial charge in [-0.3, -0.25) is 9.36 Å². The SMILES string of the molecule is CCCC(C)(C)OCC(C)OP(=O)(O)C1=C[C@@H](OC(CC)CC)[C@H](NC(C)=O)[C@@H](N=C(N)N)C1. The van der Waals surface area contributed by atoms with E-state index < -0.39 is 31.9 Å². The lowest BCUT2D eigenvalue weighted by Gasteiger charge is -2.38. The van der Waals surface area contributed by atoms with Crippen molar-refractivity contribution in [2.45, 2.75) is 117 Å². The summed E-state index contributed by atoms with van der Waals surface area (Å²) < 4.78 is 31.0. The third kappa shape index (κ3) is 10.0. The summed E-state index contributed by atoms with van der Waals surface area (Å²) in [6.45, 7) is 13.3. The molecule has 6 N–H and O–H groups in total. The summed E-state index contributed by atoms with van der Waals surface area (Å²) in [6.07, 6.45) is 3.49. The molecule has 10 nitrogen and oxygen atoms in total. The number of amides is 1. The Labute approximate surface area is 204 Å². The van der Waals surface area contributed by atoms with Crippen LogP contribution in [0.25, 0.3) is 0 Å². The molecule has 5 atom stereocenters. The van der Waals surface area contributed by atoms with E-state index in [9.17, 15) is 14.3 Å². The van der Waals surface area contributed by atoms with Crippen LogP contribution in [0, 0.1) is 0 Å². The van der Waals surface area contributed by atoms with Crippen LogP contribution in [-0.4, -0.2) is 59.4 Å². The van der Waals surface area contributed by atoms with Crippen molar-refractivity contribution in [2.75, 3.05) is 6.61 Å². The summed E-state index contributed by atoms with van der Waals surface area (Å²) in [4.78, 5) is 27.0. The largest absolute Gasteiger partial charge is 0.373 e. The van der Waals surface area contributed by atoms with Gasteiger partial charge in [-0.15, -0.1) is 0 Å². The Hall–Kier alpha value is -1.45. The quantitative estimate of drug-likeness (QED) is 0.159. The van der Waals surface area contributed by atoms with Gasteiger partial charge in [0.05, 0.1) is 42.6 Å². The Kier molecular flexibility index (Phi) is 12.2. The van der Waals surface area contributed by atoms with Gasteiger partial charge in [-0.1, -0.05) is 27.2 Å². The lowest BCUT2D eigenvalue weighted by molar-refractivity contribution is -0.121. The van der Waals surface area contributed by atoms with E-state index in [0.717, 1.165) is 25.7 Å². The summed E-state index contributed by atoms with van der Waals surface area (Å²) in [5, 5.41) is 3.00. The van der Waals surface area contributed by atoms with Crippen LogP contribution in [0.4, 0.5) is 0 Å². The number of aliphatic imine (C=N–C) groups is 1. The average Bonchev–Trinajstić information content (AvgIpc) is 2.71. The number of carbonyl (C=O) groups is 1. The molecular formula is C23H45N4O6P. The first-order valence-electron chi connectivity index (χ1n) is 12.1. The number of ether oxygens (including phenoxy) is 2. The number of nitrogens with one attached hydrogen (secondary N) is 1. The lowest BCUT2D eigenvalue weighted by atomic mass is 9.93. The van der Waals surface area contributed by atoms with Gasteiger partial charge in [0, 0.05) is 18.7 Å². The first kappa shape index (κ1) is 30.6. The first-order chi connectivity index (χ1) is 15.7. The number of nitrogens with zero attached hydrogens (tertiary/aromatic N) is 1. The fourth-order valence-electron chi connectivity index (χ4n) is 4.05. The van der Waals surface area contributed by atoms with Crippen molar-refractivity contribution in [1.29, 1.82) is 0 Å². The van der Waals surface area contributed by atoms with E-state index in [-0.39, 0.29) is 41.9 Å². The van der Waals surface area contributed by atoms with E-state index in [4.69, 9.17) is 25.5 Å². The summed E-state index contributed by atoms with van der Waals surface area (Å²) >= 11 is 0. The number of guanidine groups is 1. The number of carbonyl (C=O) groups excluding carboxylic acids is 1. The van der Waals surface area contributed by atoms with Gasteiger partial charge in [-0.05, 0) is 46.1 Å². The molecule has 0 saturated heterocycles. The fourth-order valence-corrected chi connectivity index (χ4v) is 5.49. The van der Waals surface area contributed by atoms with E-state index in [1.165, 1.54) is 6.92 Å². The lowest BCUT2D eigenvalue weighted by Crippen LogP contribution is -2.53. The topological polar surface area (TPSA) is 158 Å². The van der Waals surface area contributed by atoms with Crippen molar-refractivity contribution in [2.24, 2.45) is 16.5 Å². The standard InChI is InChI=1S/C23H45N4O6P/c1-8-11-23(6,7)31-14-15(4)33-34(29,30)18-12-19(27-22(24)25)21(26-16(5)28)20(13-18)32-17(9-2)10-3/h13,15,17,19-21H,8-12,14H2,1-7H3,(H,26,28)(H,29,30)(H4,24,25,27)/t15?,19-,20+,21+/m0/s1. The second-order valence-corrected chi connectivity index (χ2v) is 11.3. The van der Waals surface area contributed by atoms with Crippen molar-refractivity contribution >= 4 is 19.5 Å². The molecule has 0 aromatic heterocycles. The van der Waals surface area contributed by atoms with Gasteiger partial charge < -0.3 is 35.7 Å². The highest BCUT2D eigenvalue weighted by atomic mass is 31.2. The van der Waals surface area contributed by atoms with Crippen LogP contribution in [0.2, 0.25) is 0 Å². The molecule has 1 rings (SSSR count). The number of nitrogens with two attached hydrogens (primary N) is 2. The molecule has 0 fully saturated rings. The molecule has 0 radical (unpaired) electrons. The number of rotatable bonds is 14. The molecule has 0 saturated carbocycles. The minimum Gasteiger partial charge on any atom is -0.373 e. The Morgan fingerprint density at radius 1 is 1.32 bits per heavy atom. The molecule has 198 valence electrons. The van der Waals surface area contributed by atoms with Crippen LogP contribution in [0.1, 0.15) is 80.6 Å². The van der Waals surface area contributed by atoms with Gasteiger partial charge in [0.1, 0.15) is 0 Å². The maximum Gasteiger partial charge on any atom is 0.354 e. The summed E-state index contributed by atoms with van der Waals surface area (Å²) in [7, 11) is -4.22. The van der Waals surface area contributed by atoms with Crippen molar-refractivity contribution in [3.05, 3.63) is 11.4 Å². The van der Waals surface area contributed by atoms with Gasteiger partial charge in [-0.2, -0.15) is 0 Å². The van der Waals surface area contributed by atoms with E-state index >= 15 is 0 Å². The minimum atomic E-state index is -4.22. The second-order valence-electron chi connectivity index (χ2n) is 9.51. The minimum absolute atomic E-state index is 0.0360. The summed E-state index contributed by atoms with van der Waals surface area (Å²) in [6, 6.07) is -1.29. The highest BCUT2D eigenvalue weighted by molar-refractivity contribution is 7.57. The molecule has 0 aromatic carbocycles. The highest BCUT2D eigenvalue weighted by Gasteiger charge is 2.42. The maximum atomic E-state index is 13.3. The molecular weight excluding hydrogens is 459 g/mol. The van der Waals surface area contributed by atoms with Crippen LogP contribution < -0.4 is 16.8 Å². The molecule has 11 heteroatoms.